The maximum absolute atomic E-state index is 13.0. The van der Waals surface area contributed by atoms with Gasteiger partial charge in [-0.1, -0.05) is 26.8 Å². The lowest BCUT2D eigenvalue weighted by molar-refractivity contribution is -0.133. The summed E-state index contributed by atoms with van der Waals surface area (Å²) < 4.78 is 10.7. The molecule has 32 heavy (non-hydrogen) atoms. The topological polar surface area (TPSA) is 88.2 Å². The molecule has 2 unspecified atom stereocenters. The maximum atomic E-state index is 13.0. The van der Waals surface area contributed by atoms with Gasteiger partial charge in [-0.15, -0.1) is 0 Å². The number of nitrogens with zero attached hydrogens (tertiary/aromatic N) is 2. The summed E-state index contributed by atoms with van der Waals surface area (Å²) in [5.41, 5.74) is 1.22. The summed E-state index contributed by atoms with van der Waals surface area (Å²) in [6.07, 6.45) is 3.81. The van der Waals surface area contributed by atoms with Crippen LogP contribution in [-0.4, -0.2) is 53.1 Å². The van der Waals surface area contributed by atoms with Crippen molar-refractivity contribution < 1.29 is 23.9 Å². The number of fused-ring (bicyclic) bond motifs is 3. The minimum absolute atomic E-state index is 0.0905. The fourth-order valence-corrected chi connectivity index (χ4v) is 6.31. The number of hydrogen-bond donors (Lipinski definition) is 1. The molecule has 0 aromatic heterocycles. The predicted octanol–water partition coefficient (Wildman–Crippen LogP) is 3.04. The Morgan fingerprint density at radius 3 is 2.75 bits per heavy atom. The van der Waals surface area contributed by atoms with E-state index < -0.39 is 12.1 Å². The van der Waals surface area contributed by atoms with E-state index in [1.807, 2.05) is 11.0 Å². The Hall–Kier alpha value is -2.77. The molecule has 8 nitrogen and oxygen atoms in total. The summed E-state index contributed by atoms with van der Waals surface area (Å²) in [6, 6.07) is 4.59. The van der Waals surface area contributed by atoms with Gasteiger partial charge in [-0.25, -0.2) is 4.79 Å². The molecule has 0 spiro atoms. The van der Waals surface area contributed by atoms with Gasteiger partial charge in [0.05, 0.1) is 6.54 Å². The van der Waals surface area contributed by atoms with Gasteiger partial charge in [0.25, 0.3) is 5.91 Å². The van der Waals surface area contributed by atoms with E-state index in [-0.39, 0.29) is 48.4 Å². The minimum atomic E-state index is -0.658. The number of urea groups is 1. The number of likely N-dealkylation sites (tertiary alicyclic amines) is 1. The molecule has 0 radical (unpaired) electrons. The first-order chi connectivity index (χ1) is 15.1. The van der Waals surface area contributed by atoms with E-state index in [4.69, 9.17) is 9.47 Å². The number of imide groups is 1. The Labute approximate surface area is 188 Å². The van der Waals surface area contributed by atoms with Crippen LogP contribution in [0, 0.1) is 10.8 Å². The van der Waals surface area contributed by atoms with Crippen molar-refractivity contribution in [1.82, 2.24) is 15.1 Å². The molecule has 1 aliphatic carbocycles. The molecule has 4 amide bonds. The largest absolute Gasteiger partial charge is 0.454 e. The van der Waals surface area contributed by atoms with E-state index in [1.165, 1.54) is 4.90 Å². The van der Waals surface area contributed by atoms with Gasteiger partial charge in [-0.05, 0) is 54.2 Å². The predicted molar refractivity (Wildman–Crippen MR) is 116 cm³/mol. The summed E-state index contributed by atoms with van der Waals surface area (Å²) >= 11 is 0. The molecule has 3 heterocycles. The normalized spacial score (nSPS) is 30.1. The molecule has 2 bridgehead atoms. The first-order valence-electron chi connectivity index (χ1n) is 11.4. The SMILES string of the molecule is CC1(C)CC2CC(C)(CN2C(=O)CC[C@@H]2NC(=O)N(Cc3ccc4c(c3)OCO4)C2=O)C1. The third kappa shape index (κ3) is 3.80. The average Bonchev–Trinajstić information content (AvgIpc) is 3.35. The quantitative estimate of drug-likeness (QED) is 0.710. The molecule has 3 atom stereocenters. The molecule has 2 saturated heterocycles. The molecular formula is C24H31N3O5. The Kier molecular flexibility index (Phi) is 4.87. The van der Waals surface area contributed by atoms with Crippen LogP contribution in [0.4, 0.5) is 4.79 Å². The highest BCUT2D eigenvalue weighted by atomic mass is 16.7. The molecule has 8 heteroatoms. The number of benzene rings is 1. The number of rotatable bonds is 5. The van der Waals surface area contributed by atoms with Crippen LogP contribution in [0.3, 0.4) is 0 Å². The molecule has 172 valence electrons. The molecule has 1 N–H and O–H groups in total. The van der Waals surface area contributed by atoms with Crippen molar-refractivity contribution in [2.24, 2.45) is 10.8 Å². The van der Waals surface area contributed by atoms with Crippen molar-refractivity contribution in [3.63, 3.8) is 0 Å². The van der Waals surface area contributed by atoms with Crippen LogP contribution in [0.25, 0.3) is 0 Å². The highest BCUT2D eigenvalue weighted by Gasteiger charge is 2.51. The summed E-state index contributed by atoms with van der Waals surface area (Å²) in [6.45, 7) is 7.98. The van der Waals surface area contributed by atoms with E-state index in [0.29, 0.717) is 17.9 Å². The third-order valence-corrected chi connectivity index (χ3v) is 7.27. The highest BCUT2D eigenvalue weighted by molar-refractivity contribution is 6.04. The van der Waals surface area contributed by atoms with Crippen molar-refractivity contribution in [1.29, 1.82) is 0 Å². The van der Waals surface area contributed by atoms with E-state index >= 15 is 0 Å². The zero-order valence-electron chi connectivity index (χ0n) is 19.0. The second-order valence-electron chi connectivity index (χ2n) is 10.9. The van der Waals surface area contributed by atoms with Crippen LogP contribution in [0.15, 0.2) is 18.2 Å². The minimum Gasteiger partial charge on any atom is -0.454 e. The van der Waals surface area contributed by atoms with Crippen molar-refractivity contribution in [3.8, 4) is 11.5 Å². The van der Waals surface area contributed by atoms with Gasteiger partial charge in [-0.2, -0.15) is 0 Å². The van der Waals surface area contributed by atoms with E-state index in [2.05, 4.69) is 26.1 Å². The fourth-order valence-electron chi connectivity index (χ4n) is 6.31. The molecular weight excluding hydrogens is 410 g/mol. The first-order valence-corrected chi connectivity index (χ1v) is 11.4. The molecule has 1 aromatic carbocycles. The summed E-state index contributed by atoms with van der Waals surface area (Å²) in [4.78, 5) is 41.6. The molecule has 5 rings (SSSR count). The second kappa shape index (κ2) is 7.39. The summed E-state index contributed by atoms with van der Waals surface area (Å²) in [7, 11) is 0. The van der Waals surface area contributed by atoms with Crippen LogP contribution in [0.1, 0.15) is 58.4 Å². The standard InChI is InChI=1S/C24H31N3O5/c1-23(2)9-16-10-24(3,12-23)13-27(16)20(28)7-5-17-21(29)26(22(30)25-17)11-15-4-6-18-19(8-15)32-14-31-18/h4,6,8,16-17H,5,7,9-14H2,1-3H3,(H,25,30)/t16?,17-,24?/m0/s1. The van der Waals surface area contributed by atoms with Crippen LogP contribution in [0.2, 0.25) is 0 Å². The zero-order valence-corrected chi connectivity index (χ0v) is 19.0. The Morgan fingerprint density at radius 2 is 1.94 bits per heavy atom. The van der Waals surface area contributed by atoms with Gasteiger partial charge >= 0.3 is 6.03 Å². The van der Waals surface area contributed by atoms with Gasteiger partial charge in [0.15, 0.2) is 11.5 Å². The molecule has 1 aromatic rings. The van der Waals surface area contributed by atoms with Crippen molar-refractivity contribution in [3.05, 3.63) is 23.8 Å². The van der Waals surface area contributed by atoms with Gasteiger partial charge in [0.1, 0.15) is 6.04 Å². The molecule has 3 aliphatic heterocycles. The Morgan fingerprint density at radius 1 is 1.16 bits per heavy atom. The lowest BCUT2D eigenvalue weighted by atomic mass is 9.65. The van der Waals surface area contributed by atoms with Gasteiger partial charge in [-0.3, -0.25) is 14.5 Å². The molecule has 1 saturated carbocycles. The number of carbonyl (C=O) groups excluding carboxylic acids is 3. The van der Waals surface area contributed by atoms with Gasteiger partial charge in [0, 0.05) is 19.0 Å². The van der Waals surface area contributed by atoms with Crippen LogP contribution in [-0.2, 0) is 16.1 Å². The van der Waals surface area contributed by atoms with E-state index in [1.54, 1.807) is 12.1 Å². The first kappa shape index (κ1) is 21.1. The lowest BCUT2D eigenvalue weighted by Crippen LogP contribution is -2.39. The number of carbonyl (C=O) groups is 3. The number of hydrogen-bond acceptors (Lipinski definition) is 5. The average molecular weight is 442 g/mol. The van der Waals surface area contributed by atoms with Crippen molar-refractivity contribution >= 4 is 17.8 Å². The molecule has 4 aliphatic rings. The maximum Gasteiger partial charge on any atom is 0.325 e. The zero-order chi connectivity index (χ0) is 22.7. The Bertz CT molecular complexity index is 976. The highest BCUT2D eigenvalue weighted by Crippen LogP contribution is 2.52. The Balaban J connectivity index is 1.18. The third-order valence-electron chi connectivity index (χ3n) is 7.27. The number of ether oxygens (including phenoxy) is 2. The van der Waals surface area contributed by atoms with Gasteiger partial charge in [0.2, 0.25) is 12.7 Å². The smallest absolute Gasteiger partial charge is 0.325 e. The lowest BCUT2D eigenvalue weighted by Gasteiger charge is -2.39. The van der Waals surface area contributed by atoms with Crippen molar-refractivity contribution in [2.75, 3.05) is 13.3 Å². The number of nitrogens with one attached hydrogen (secondary N) is 1. The van der Waals surface area contributed by atoms with E-state index in [9.17, 15) is 14.4 Å². The van der Waals surface area contributed by atoms with Crippen LogP contribution < -0.4 is 14.8 Å². The fraction of sp³-hybridized carbons (Fsp3) is 0.625. The van der Waals surface area contributed by atoms with Crippen molar-refractivity contribution in [2.45, 2.75) is 71.5 Å². The van der Waals surface area contributed by atoms with Crippen LogP contribution >= 0.6 is 0 Å². The second-order valence-corrected chi connectivity index (χ2v) is 10.9. The summed E-state index contributed by atoms with van der Waals surface area (Å²) in [5, 5.41) is 2.75. The van der Waals surface area contributed by atoms with Crippen LogP contribution in [0.5, 0.6) is 11.5 Å². The summed E-state index contributed by atoms with van der Waals surface area (Å²) in [5.74, 6) is 1.08. The van der Waals surface area contributed by atoms with E-state index in [0.717, 1.165) is 31.4 Å². The van der Waals surface area contributed by atoms with Gasteiger partial charge < -0.3 is 19.7 Å². The number of amides is 4. The monoisotopic (exact) mass is 441 g/mol. The molecule has 3 fully saturated rings.